The van der Waals surface area contributed by atoms with E-state index in [0.717, 1.165) is 42.8 Å². The van der Waals surface area contributed by atoms with Crippen molar-refractivity contribution in [2.75, 3.05) is 18.4 Å². The van der Waals surface area contributed by atoms with Gasteiger partial charge in [0.2, 0.25) is 0 Å². The maximum atomic E-state index is 12.3. The van der Waals surface area contributed by atoms with E-state index in [9.17, 15) is 4.79 Å². The summed E-state index contributed by atoms with van der Waals surface area (Å²) in [7, 11) is 0. The number of nitrogens with zero attached hydrogens (tertiary/aromatic N) is 3. The van der Waals surface area contributed by atoms with Crippen LogP contribution in [0.5, 0.6) is 0 Å². The summed E-state index contributed by atoms with van der Waals surface area (Å²) in [5.74, 6) is 1.95. The number of rotatable bonds is 3. The lowest BCUT2D eigenvalue weighted by molar-refractivity contribution is 0.0165. The van der Waals surface area contributed by atoms with E-state index in [1.165, 1.54) is 0 Å². The molecule has 2 N–H and O–H groups in total. The summed E-state index contributed by atoms with van der Waals surface area (Å²) in [5, 5.41) is 11.7. The van der Waals surface area contributed by atoms with Gasteiger partial charge in [-0.1, -0.05) is 0 Å². The number of carbonyl (C=O) groups excluding carboxylic acids is 1. The summed E-state index contributed by atoms with van der Waals surface area (Å²) >= 11 is 0. The molecule has 134 valence electrons. The van der Waals surface area contributed by atoms with E-state index in [1.54, 1.807) is 6.20 Å². The minimum Gasteiger partial charge on any atom is -0.444 e. The Morgan fingerprint density at radius 3 is 3.00 bits per heavy atom. The molecule has 0 spiro atoms. The molecule has 1 aliphatic heterocycles. The van der Waals surface area contributed by atoms with Gasteiger partial charge in [-0.05, 0) is 57.6 Å². The highest BCUT2D eigenvalue weighted by atomic mass is 16.6. The Morgan fingerprint density at radius 1 is 1.44 bits per heavy atom. The van der Waals surface area contributed by atoms with Gasteiger partial charge in [-0.3, -0.25) is 5.10 Å². The quantitative estimate of drug-likeness (QED) is 0.895. The summed E-state index contributed by atoms with van der Waals surface area (Å²) in [5.41, 5.74) is 0.364. The van der Waals surface area contributed by atoms with Gasteiger partial charge in [-0.2, -0.15) is 5.10 Å². The Kier molecular flexibility index (Phi) is 3.81. The highest BCUT2D eigenvalue weighted by Crippen LogP contribution is 2.42. The Balaban J connectivity index is 1.34. The number of aromatic nitrogens is 3. The fraction of sp³-hybridized carbons (Fsp3) is 0.611. The summed E-state index contributed by atoms with van der Waals surface area (Å²) in [4.78, 5) is 18.5. The van der Waals surface area contributed by atoms with Gasteiger partial charge in [-0.15, -0.1) is 0 Å². The standard InChI is InChI=1S/C18H25N5O2/c1-18(2,3)25-17(24)23-10-12-8-13(23)7-11(12)9-20-16-14-5-4-6-19-15(14)21-22-16/h4-6,11-13H,7-10H2,1-3H3,(H2,19,20,21,22)/t11-,12-,13+/m1/s1. The molecule has 0 radical (unpaired) electrons. The lowest BCUT2D eigenvalue weighted by Gasteiger charge is -2.33. The second kappa shape index (κ2) is 5.89. The number of ether oxygens (including phenoxy) is 1. The normalized spacial score (nSPS) is 25.6. The van der Waals surface area contributed by atoms with Crippen LogP contribution in [-0.4, -0.2) is 50.9 Å². The van der Waals surface area contributed by atoms with Crippen LogP contribution in [0.2, 0.25) is 0 Å². The predicted molar refractivity (Wildman–Crippen MR) is 95.3 cm³/mol. The zero-order valence-corrected chi connectivity index (χ0v) is 15.0. The third-order valence-electron chi connectivity index (χ3n) is 5.18. The van der Waals surface area contributed by atoms with Gasteiger partial charge < -0.3 is 15.0 Å². The molecule has 3 atom stereocenters. The van der Waals surface area contributed by atoms with Crippen molar-refractivity contribution in [3.05, 3.63) is 18.3 Å². The molecule has 2 fully saturated rings. The molecule has 2 aromatic heterocycles. The number of carbonyl (C=O) groups is 1. The molecule has 2 aromatic rings. The van der Waals surface area contributed by atoms with E-state index in [2.05, 4.69) is 20.5 Å². The van der Waals surface area contributed by atoms with Crippen LogP contribution in [0, 0.1) is 11.8 Å². The number of pyridine rings is 1. The molecule has 3 heterocycles. The van der Waals surface area contributed by atoms with E-state index in [1.807, 2.05) is 37.8 Å². The number of amides is 1. The van der Waals surface area contributed by atoms with Crippen LogP contribution in [0.3, 0.4) is 0 Å². The van der Waals surface area contributed by atoms with Gasteiger partial charge in [0, 0.05) is 25.3 Å². The highest BCUT2D eigenvalue weighted by molar-refractivity contribution is 5.86. The number of H-pyrrole nitrogens is 1. The maximum Gasteiger partial charge on any atom is 0.410 e. The van der Waals surface area contributed by atoms with E-state index in [4.69, 9.17) is 4.74 Å². The summed E-state index contributed by atoms with van der Waals surface area (Å²) < 4.78 is 5.53. The number of piperidine rings is 1. The molecule has 1 aliphatic carbocycles. The monoisotopic (exact) mass is 343 g/mol. The second-order valence-corrected chi connectivity index (χ2v) is 8.13. The van der Waals surface area contributed by atoms with Gasteiger partial charge in [0.15, 0.2) is 11.5 Å². The van der Waals surface area contributed by atoms with Crippen LogP contribution in [0.15, 0.2) is 18.3 Å². The van der Waals surface area contributed by atoms with E-state index < -0.39 is 5.60 Å². The molecule has 1 saturated heterocycles. The minimum atomic E-state index is -0.436. The fourth-order valence-electron chi connectivity index (χ4n) is 4.07. The summed E-state index contributed by atoms with van der Waals surface area (Å²) in [6, 6.07) is 4.24. The SMILES string of the molecule is CC(C)(C)OC(=O)N1C[C@H]2C[C@@H]1C[C@@H]2CNc1n[nH]c2ncccc12. The first-order chi connectivity index (χ1) is 11.9. The van der Waals surface area contributed by atoms with Crippen LogP contribution in [0.1, 0.15) is 33.6 Å². The molecule has 1 amide bonds. The smallest absolute Gasteiger partial charge is 0.410 e. The number of fused-ring (bicyclic) bond motifs is 3. The zero-order chi connectivity index (χ0) is 17.6. The third kappa shape index (κ3) is 3.15. The first-order valence-electron chi connectivity index (χ1n) is 8.93. The van der Waals surface area contributed by atoms with Crippen molar-refractivity contribution < 1.29 is 9.53 Å². The topological polar surface area (TPSA) is 83.1 Å². The average Bonchev–Trinajstić information content (AvgIpc) is 3.24. The molecule has 7 nitrogen and oxygen atoms in total. The molecule has 0 unspecified atom stereocenters. The number of anilines is 1. The van der Waals surface area contributed by atoms with Crippen LogP contribution in [-0.2, 0) is 4.74 Å². The van der Waals surface area contributed by atoms with Gasteiger partial charge in [-0.25, -0.2) is 9.78 Å². The molecule has 7 heteroatoms. The average molecular weight is 343 g/mol. The molecular formula is C18H25N5O2. The van der Waals surface area contributed by atoms with Crippen molar-refractivity contribution in [2.45, 2.75) is 45.3 Å². The summed E-state index contributed by atoms with van der Waals surface area (Å²) in [6.07, 6.45) is 3.69. The van der Waals surface area contributed by atoms with E-state index in [-0.39, 0.29) is 6.09 Å². The van der Waals surface area contributed by atoms with Crippen molar-refractivity contribution in [2.24, 2.45) is 11.8 Å². The molecule has 25 heavy (non-hydrogen) atoms. The van der Waals surface area contributed by atoms with Gasteiger partial charge in [0.25, 0.3) is 0 Å². The van der Waals surface area contributed by atoms with Gasteiger partial charge >= 0.3 is 6.09 Å². The number of likely N-dealkylation sites (tertiary alicyclic amines) is 1. The van der Waals surface area contributed by atoms with Crippen molar-refractivity contribution >= 4 is 22.9 Å². The molecule has 0 aromatic carbocycles. The Morgan fingerprint density at radius 2 is 2.28 bits per heavy atom. The summed E-state index contributed by atoms with van der Waals surface area (Å²) in [6.45, 7) is 7.41. The van der Waals surface area contributed by atoms with Crippen molar-refractivity contribution in [1.82, 2.24) is 20.1 Å². The van der Waals surface area contributed by atoms with Crippen LogP contribution in [0.25, 0.3) is 11.0 Å². The maximum absolute atomic E-state index is 12.3. The zero-order valence-electron chi connectivity index (χ0n) is 15.0. The highest BCUT2D eigenvalue weighted by Gasteiger charge is 2.47. The fourth-order valence-corrected chi connectivity index (χ4v) is 4.07. The van der Waals surface area contributed by atoms with Crippen molar-refractivity contribution in [3.8, 4) is 0 Å². The molecular weight excluding hydrogens is 318 g/mol. The Bertz CT molecular complexity index is 781. The first-order valence-corrected chi connectivity index (χ1v) is 8.93. The van der Waals surface area contributed by atoms with Crippen molar-refractivity contribution in [3.63, 3.8) is 0 Å². The van der Waals surface area contributed by atoms with Crippen LogP contribution < -0.4 is 5.32 Å². The Labute approximate surface area is 147 Å². The number of hydrogen-bond acceptors (Lipinski definition) is 5. The van der Waals surface area contributed by atoms with Crippen LogP contribution in [0.4, 0.5) is 10.6 Å². The van der Waals surface area contributed by atoms with Gasteiger partial charge in [0.05, 0.1) is 5.39 Å². The lowest BCUT2D eigenvalue weighted by Crippen LogP contribution is -2.43. The number of nitrogens with one attached hydrogen (secondary N) is 2. The Hall–Kier alpha value is -2.31. The largest absolute Gasteiger partial charge is 0.444 e. The predicted octanol–water partition coefficient (Wildman–Crippen LogP) is 3.02. The van der Waals surface area contributed by atoms with Crippen molar-refractivity contribution in [1.29, 1.82) is 0 Å². The van der Waals surface area contributed by atoms with Gasteiger partial charge in [0.1, 0.15) is 5.60 Å². The molecule has 2 bridgehead atoms. The molecule has 2 aliphatic rings. The third-order valence-corrected chi connectivity index (χ3v) is 5.18. The number of hydrogen-bond donors (Lipinski definition) is 2. The second-order valence-electron chi connectivity index (χ2n) is 8.13. The van der Waals surface area contributed by atoms with E-state index in [0.29, 0.717) is 17.9 Å². The van der Waals surface area contributed by atoms with Crippen LogP contribution >= 0.6 is 0 Å². The minimum absolute atomic E-state index is 0.171. The number of aromatic amines is 1. The molecule has 1 saturated carbocycles. The lowest BCUT2D eigenvalue weighted by atomic mass is 9.94. The molecule has 4 rings (SSSR count). The van der Waals surface area contributed by atoms with E-state index >= 15 is 0 Å². The first kappa shape index (κ1) is 16.2.